The van der Waals surface area contributed by atoms with E-state index in [0.717, 1.165) is 23.6 Å². The van der Waals surface area contributed by atoms with Gasteiger partial charge in [0.2, 0.25) is 0 Å². The van der Waals surface area contributed by atoms with Gasteiger partial charge in [-0.2, -0.15) is 0 Å². The van der Waals surface area contributed by atoms with Crippen molar-refractivity contribution in [2.24, 2.45) is 5.73 Å². The summed E-state index contributed by atoms with van der Waals surface area (Å²) in [6, 6.07) is 4.13. The molecule has 4 heteroatoms. The number of nitrogens with two attached hydrogens (primary N) is 1. The first-order valence-electron chi connectivity index (χ1n) is 5.34. The number of thiophene rings is 1. The van der Waals surface area contributed by atoms with Gasteiger partial charge in [-0.05, 0) is 32.2 Å². The minimum absolute atomic E-state index is 0.225. The number of nitrogens with one attached hydrogen (secondary N) is 1. The SMILES string of the molecule is Cc1[nH]c(CC(C)(C)N)nc1-c1cccs1. The lowest BCUT2D eigenvalue weighted by Gasteiger charge is -2.15. The molecule has 2 heterocycles. The monoisotopic (exact) mass is 235 g/mol. The normalized spacial score (nSPS) is 12.0. The molecular weight excluding hydrogens is 218 g/mol. The first-order valence-corrected chi connectivity index (χ1v) is 6.22. The molecule has 0 fully saturated rings. The lowest BCUT2D eigenvalue weighted by molar-refractivity contribution is 0.504. The summed E-state index contributed by atoms with van der Waals surface area (Å²) < 4.78 is 0. The van der Waals surface area contributed by atoms with Gasteiger partial charge >= 0.3 is 0 Å². The highest BCUT2D eigenvalue weighted by Crippen LogP contribution is 2.26. The molecular formula is C12H17N3S. The zero-order valence-corrected chi connectivity index (χ0v) is 10.7. The Kier molecular flexibility index (Phi) is 2.86. The third kappa shape index (κ3) is 2.51. The van der Waals surface area contributed by atoms with Gasteiger partial charge in [-0.15, -0.1) is 11.3 Å². The number of aryl methyl sites for hydroxylation is 1. The van der Waals surface area contributed by atoms with E-state index in [0.29, 0.717) is 0 Å². The highest BCUT2D eigenvalue weighted by molar-refractivity contribution is 7.13. The van der Waals surface area contributed by atoms with Gasteiger partial charge in [-0.25, -0.2) is 4.98 Å². The van der Waals surface area contributed by atoms with Gasteiger partial charge in [0.25, 0.3) is 0 Å². The Hall–Kier alpha value is -1.13. The van der Waals surface area contributed by atoms with Gasteiger partial charge < -0.3 is 10.7 Å². The lowest BCUT2D eigenvalue weighted by atomic mass is 10.0. The Labute approximate surface area is 99.7 Å². The second-order valence-electron chi connectivity index (χ2n) is 4.80. The van der Waals surface area contributed by atoms with Crippen molar-refractivity contribution in [1.29, 1.82) is 0 Å². The number of imidazole rings is 1. The van der Waals surface area contributed by atoms with Crippen molar-refractivity contribution in [2.75, 3.05) is 0 Å². The molecule has 0 atom stereocenters. The summed E-state index contributed by atoms with van der Waals surface area (Å²) in [5, 5.41) is 2.07. The predicted molar refractivity (Wildman–Crippen MR) is 68.6 cm³/mol. The summed E-state index contributed by atoms with van der Waals surface area (Å²) in [5.41, 5.74) is 7.93. The molecule has 0 saturated heterocycles. The Bertz CT molecular complexity index is 463. The fraction of sp³-hybridized carbons (Fsp3) is 0.417. The number of aromatic nitrogens is 2. The molecule has 16 heavy (non-hydrogen) atoms. The van der Waals surface area contributed by atoms with Crippen LogP contribution in [0, 0.1) is 6.92 Å². The fourth-order valence-electron chi connectivity index (χ4n) is 1.69. The molecule has 0 spiro atoms. The van der Waals surface area contributed by atoms with E-state index in [2.05, 4.69) is 28.3 Å². The number of hydrogen-bond donors (Lipinski definition) is 2. The third-order valence-corrected chi connectivity index (χ3v) is 3.19. The minimum Gasteiger partial charge on any atom is -0.345 e. The van der Waals surface area contributed by atoms with E-state index >= 15 is 0 Å². The van der Waals surface area contributed by atoms with Crippen molar-refractivity contribution in [3.05, 3.63) is 29.0 Å². The molecule has 0 aliphatic heterocycles. The van der Waals surface area contributed by atoms with Crippen LogP contribution in [0.5, 0.6) is 0 Å². The van der Waals surface area contributed by atoms with Gasteiger partial charge in [0.05, 0.1) is 4.88 Å². The van der Waals surface area contributed by atoms with Gasteiger partial charge in [-0.1, -0.05) is 6.07 Å². The standard InChI is InChI=1S/C12H17N3S/c1-8-11(9-5-4-6-16-9)15-10(14-8)7-12(2,3)13/h4-6H,7,13H2,1-3H3,(H,14,15). The van der Waals surface area contributed by atoms with Gasteiger partial charge in [0, 0.05) is 17.7 Å². The molecule has 0 aliphatic carbocycles. The van der Waals surface area contributed by atoms with Crippen LogP contribution < -0.4 is 5.73 Å². The summed E-state index contributed by atoms with van der Waals surface area (Å²) in [5.74, 6) is 0.966. The fourth-order valence-corrected chi connectivity index (χ4v) is 2.46. The highest BCUT2D eigenvalue weighted by Gasteiger charge is 2.16. The summed E-state index contributed by atoms with van der Waals surface area (Å²) in [6.07, 6.45) is 0.763. The number of H-pyrrole nitrogens is 1. The van der Waals surface area contributed by atoms with E-state index in [-0.39, 0.29) is 5.54 Å². The minimum atomic E-state index is -0.225. The third-order valence-electron chi connectivity index (χ3n) is 2.31. The van der Waals surface area contributed by atoms with E-state index in [1.165, 1.54) is 4.88 Å². The Morgan fingerprint density at radius 1 is 1.50 bits per heavy atom. The molecule has 0 aliphatic rings. The summed E-state index contributed by atoms with van der Waals surface area (Å²) in [7, 11) is 0. The van der Waals surface area contributed by atoms with E-state index < -0.39 is 0 Å². The Morgan fingerprint density at radius 3 is 2.81 bits per heavy atom. The van der Waals surface area contributed by atoms with Crippen LogP contribution in [-0.2, 0) is 6.42 Å². The lowest BCUT2D eigenvalue weighted by Crippen LogP contribution is -2.34. The summed E-state index contributed by atoms with van der Waals surface area (Å²) in [4.78, 5) is 9.12. The van der Waals surface area contributed by atoms with E-state index in [1.54, 1.807) is 11.3 Å². The van der Waals surface area contributed by atoms with Gasteiger partial charge in [0.1, 0.15) is 11.5 Å². The Morgan fingerprint density at radius 2 is 2.25 bits per heavy atom. The van der Waals surface area contributed by atoms with Crippen molar-refractivity contribution in [3.63, 3.8) is 0 Å². The average Bonchev–Trinajstić information content (AvgIpc) is 2.71. The van der Waals surface area contributed by atoms with Crippen molar-refractivity contribution in [1.82, 2.24) is 9.97 Å². The number of aromatic amines is 1. The molecule has 86 valence electrons. The summed E-state index contributed by atoms with van der Waals surface area (Å²) >= 11 is 1.71. The predicted octanol–water partition coefficient (Wildman–Crippen LogP) is 2.73. The maximum absolute atomic E-state index is 5.99. The van der Waals surface area contributed by atoms with Crippen LogP contribution in [0.25, 0.3) is 10.6 Å². The molecule has 2 aromatic rings. The molecule has 3 N–H and O–H groups in total. The molecule has 3 nitrogen and oxygen atoms in total. The van der Waals surface area contributed by atoms with Crippen molar-refractivity contribution >= 4 is 11.3 Å². The van der Waals surface area contributed by atoms with Gasteiger partial charge in [-0.3, -0.25) is 0 Å². The number of rotatable bonds is 3. The van der Waals surface area contributed by atoms with Crippen LogP contribution in [0.15, 0.2) is 17.5 Å². The average molecular weight is 235 g/mol. The molecule has 0 bridgehead atoms. The van der Waals surface area contributed by atoms with Crippen molar-refractivity contribution in [3.8, 4) is 10.6 Å². The van der Waals surface area contributed by atoms with Crippen LogP contribution in [-0.4, -0.2) is 15.5 Å². The number of nitrogens with zero attached hydrogens (tertiary/aromatic N) is 1. The largest absolute Gasteiger partial charge is 0.345 e. The van der Waals surface area contributed by atoms with Crippen LogP contribution in [0.4, 0.5) is 0 Å². The zero-order chi connectivity index (χ0) is 11.8. The molecule has 0 unspecified atom stereocenters. The highest BCUT2D eigenvalue weighted by atomic mass is 32.1. The molecule has 2 rings (SSSR count). The first-order chi connectivity index (χ1) is 7.46. The van der Waals surface area contributed by atoms with E-state index in [4.69, 9.17) is 5.73 Å². The summed E-state index contributed by atoms with van der Waals surface area (Å²) in [6.45, 7) is 6.07. The van der Waals surface area contributed by atoms with Crippen molar-refractivity contribution < 1.29 is 0 Å². The van der Waals surface area contributed by atoms with E-state index in [1.807, 2.05) is 19.9 Å². The maximum atomic E-state index is 5.99. The second-order valence-corrected chi connectivity index (χ2v) is 5.75. The Balaban J connectivity index is 2.29. The second kappa shape index (κ2) is 4.03. The molecule has 0 radical (unpaired) electrons. The maximum Gasteiger partial charge on any atom is 0.108 e. The molecule has 0 aromatic carbocycles. The quantitative estimate of drug-likeness (QED) is 0.859. The first kappa shape index (κ1) is 11.4. The molecule has 0 amide bonds. The van der Waals surface area contributed by atoms with E-state index in [9.17, 15) is 0 Å². The topological polar surface area (TPSA) is 54.7 Å². The van der Waals surface area contributed by atoms with Crippen LogP contribution in [0.1, 0.15) is 25.4 Å². The molecule has 0 saturated carbocycles. The van der Waals surface area contributed by atoms with Gasteiger partial charge in [0.15, 0.2) is 0 Å². The van der Waals surface area contributed by atoms with Crippen molar-refractivity contribution in [2.45, 2.75) is 32.7 Å². The number of hydrogen-bond acceptors (Lipinski definition) is 3. The van der Waals surface area contributed by atoms with Crippen LogP contribution in [0.2, 0.25) is 0 Å². The molecule has 2 aromatic heterocycles. The smallest absolute Gasteiger partial charge is 0.108 e. The zero-order valence-electron chi connectivity index (χ0n) is 9.87. The van der Waals surface area contributed by atoms with Crippen LogP contribution in [0.3, 0.4) is 0 Å². The van der Waals surface area contributed by atoms with Crippen LogP contribution >= 0.6 is 11.3 Å².